The highest BCUT2D eigenvalue weighted by molar-refractivity contribution is 6.30. The van der Waals surface area contributed by atoms with E-state index in [0.29, 0.717) is 12.1 Å². The first-order valence-electron chi connectivity index (χ1n) is 9.54. The van der Waals surface area contributed by atoms with Crippen LogP contribution in [0.4, 0.5) is 4.39 Å². The van der Waals surface area contributed by atoms with Crippen molar-refractivity contribution in [3.8, 4) is 11.8 Å². The highest BCUT2D eigenvalue weighted by Gasteiger charge is 2.40. The third-order valence-corrected chi connectivity index (χ3v) is 5.90. The zero-order chi connectivity index (χ0) is 20.3. The zero-order valence-corrected chi connectivity index (χ0v) is 17.3. The van der Waals surface area contributed by atoms with E-state index in [1.54, 1.807) is 25.3 Å². The molecule has 1 heterocycles. The summed E-state index contributed by atoms with van der Waals surface area (Å²) in [4.78, 5) is 0. The third-order valence-electron chi connectivity index (χ3n) is 5.61. The number of nitrogens with one attached hydrogen (secondary N) is 1. The fourth-order valence-electron chi connectivity index (χ4n) is 4.27. The Hall–Kier alpha value is -2.09. The quantitative estimate of drug-likeness (QED) is 0.711. The Kier molecular flexibility index (Phi) is 6.27. The molecule has 5 heteroatoms. The van der Waals surface area contributed by atoms with Crippen molar-refractivity contribution < 1.29 is 9.13 Å². The van der Waals surface area contributed by atoms with E-state index in [2.05, 4.69) is 37.4 Å². The molecule has 0 aromatic heterocycles. The molecule has 2 aromatic rings. The second kappa shape index (κ2) is 8.51. The second-order valence-electron chi connectivity index (χ2n) is 8.31. The summed E-state index contributed by atoms with van der Waals surface area (Å²) >= 11 is 5.95. The topological polar surface area (TPSA) is 45.0 Å². The van der Waals surface area contributed by atoms with Gasteiger partial charge in [0, 0.05) is 18.5 Å². The van der Waals surface area contributed by atoms with Gasteiger partial charge in [0.15, 0.2) is 0 Å². The predicted octanol–water partition coefficient (Wildman–Crippen LogP) is 5.34. The number of halogens is 2. The first-order valence-corrected chi connectivity index (χ1v) is 9.92. The lowest BCUT2D eigenvalue weighted by molar-refractivity contribution is 0.273. The summed E-state index contributed by atoms with van der Waals surface area (Å²) in [6, 6.07) is 15.6. The Morgan fingerprint density at radius 1 is 1.25 bits per heavy atom. The predicted molar refractivity (Wildman–Crippen MR) is 110 cm³/mol. The van der Waals surface area contributed by atoms with E-state index in [0.717, 1.165) is 18.6 Å². The van der Waals surface area contributed by atoms with Crippen molar-refractivity contribution in [2.45, 2.75) is 38.6 Å². The Morgan fingerprint density at radius 3 is 2.61 bits per heavy atom. The zero-order valence-electron chi connectivity index (χ0n) is 16.5. The molecule has 28 heavy (non-hydrogen) atoms. The molecular weight excluding hydrogens is 375 g/mol. The minimum atomic E-state index is -0.408. The lowest BCUT2D eigenvalue weighted by atomic mass is 9.76. The smallest absolute Gasteiger partial charge is 0.145 e. The van der Waals surface area contributed by atoms with Crippen molar-refractivity contribution in [3.05, 3.63) is 64.4 Å². The van der Waals surface area contributed by atoms with Crippen LogP contribution in [-0.4, -0.2) is 19.7 Å². The van der Waals surface area contributed by atoms with Crippen LogP contribution < -0.4 is 10.1 Å². The van der Waals surface area contributed by atoms with Gasteiger partial charge in [-0.3, -0.25) is 0 Å². The number of benzene rings is 2. The number of hydrogen-bond acceptors (Lipinski definition) is 3. The molecule has 3 atom stereocenters. The number of hydrogen-bond donors (Lipinski definition) is 1. The van der Waals surface area contributed by atoms with Crippen molar-refractivity contribution >= 4 is 11.6 Å². The van der Waals surface area contributed by atoms with Gasteiger partial charge in [-0.2, -0.15) is 5.26 Å². The van der Waals surface area contributed by atoms with E-state index in [9.17, 15) is 9.65 Å². The van der Waals surface area contributed by atoms with Gasteiger partial charge in [-0.05, 0) is 47.6 Å². The first kappa shape index (κ1) is 20.6. The third kappa shape index (κ3) is 4.48. The molecule has 0 spiro atoms. The number of methoxy groups -OCH3 is 1. The van der Waals surface area contributed by atoms with Crippen LogP contribution in [0.1, 0.15) is 37.3 Å². The number of ether oxygens (including phenoxy) is 1. The summed E-state index contributed by atoms with van der Waals surface area (Å²) in [5.41, 5.74) is 1.75. The summed E-state index contributed by atoms with van der Waals surface area (Å²) < 4.78 is 19.7. The van der Waals surface area contributed by atoms with Crippen LogP contribution in [0.3, 0.4) is 0 Å². The average Bonchev–Trinajstić information content (AvgIpc) is 3.05. The van der Waals surface area contributed by atoms with Crippen LogP contribution in [0.25, 0.3) is 0 Å². The van der Waals surface area contributed by atoms with E-state index in [-0.39, 0.29) is 28.3 Å². The summed E-state index contributed by atoms with van der Waals surface area (Å²) in [6.07, 6.45) is 1.72. The van der Waals surface area contributed by atoms with Gasteiger partial charge in [-0.25, -0.2) is 4.39 Å². The van der Waals surface area contributed by atoms with Crippen LogP contribution in [0.5, 0.6) is 5.75 Å². The molecule has 3 nitrogen and oxygen atoms in total. The van der Waals surface area contributed by atoms with Crippen LogP contribution in [0.2, 0.25) is 5.02 Å². The van der Waals surface area contributed by atoms with E-state index < -0.39 is 5.82 Å². The lowest BCUT2D eigenvalue weighted by Crippen LogP contribution is -2.33. The van der Waals surface area contributed by atoms with Gasteiger partial charge in [-0.1, -0.05) is 49.7 Å². The second-order valence-corrected chi connectivity index (χ2v) is 8.72. The minimum Gasteiger partial charge on any atom is -0.497 e. The Morgan fingerprint density at radius 2 is 1.96 bits per heavy atom. The summed E-state index contributed by atoms with van der Waals surface area (Å²) in [5, 5.41) is 13.4. The molecule has 0 bridgehead atoms. The van der Waals surface area contributed by atoms with Gasteiger partial charge in [-0.15, -0.1) is 0 Å². The summed E-state index contributed by atoms with van der Waals surface area (Å²) in [7, 11) is 1.66. The lowest BCUT2D eigenvalue weighted by Gasteiger charge is -2.30. The van der Waals surface area contributed by atoms with Crippen LogP contribution in [-0.2, 0) is 6.42 Å². The highest BCUT2D eigenvalue weighted by Crippen LogP contribution is 2.39. The Bertz CT molecular complexity index is 860. The number of nitrogens with zero attached hydrogens (tertiary/aromatic N) is 1. The summed E-state index contributed by atoms with van der Waals surface area (Å²) in [6.45, 7) is 5.00. The Balaban J connectivity index is 1.72. The number of rotatable bonds is 6. The van der Waals surface area contributed by atoms with Crippen LogP contribution in [0, 0.1) is 28.5 Å². The van der Waals surface area contributed by atoms with E-state index in [1.807, 2.05) is 12.1 Å². The molecule has 1 aliphatic rings. The Labute approximate surface area is 171 Å². The molecule has 1 aliphatic heterocycles. The van der Waals surface area contributed by atoms with E-state index in [4.69, 9.17) is 16.3 Å². The van der Waals surface area contributed by atoms with Crippen molar-refractivity contribution in [2.75, 3.05) is 13.7 Å². The SMILES string of the molecule is COc1ccc(CC(C)(C)CC2NCC(c3cccc(Cl)c3F)C2C#N)cc1. The molecule has 0 radical (unpaired) electrons. The molecule has 0 aliphatic carbocycles. The van der Waals surface area contributed by atoms with Crippen molar-refractivity contribution in [2.24, 2.45) is 11.3 Å². The van der Waals surface area contributed by atoms with Gasteiger partial charge >= 0.3 is 0 Å². The normalized spacial score (nSPS) is 22.1. The molecule has 0 saturated carbocycles. The minimum absolute atomic E-state index is 0.0108. The maximum absolute atomic E-state index is 14.5. The molecule has 0 amide bonds. The largest absolute Gasteiger partial charge is 0.497 e. The standard InChI is InChI=1S/C23H26ClFN2O/c1-23(2,11-15-7-9-16(28-3)10-8-15)12-21-18(13-26)19(14-27-21)17-5-4-6-20(24)22(17)25/h4-10,18-19,21,27H,11-12,14H2,1-3H3. The van der Waals surface area contributed by atoms with Crippen LogP contribution in [0.15, 0.2) is 42.5 Å². The fraction of sp³-hybridized carbons (Fsp3) is 0.435. The molecule has 2 aromatic carbocycles. The molecule has 148 valence electrons. The summed E-state index contributed by atoms with van der Waals surface area (Å²) in [5.74, 6) is -0.0436. The molecule has 1 saturated heterocycles. The van der Waals surface area contributed by atoms with Gasteiger partial charge in [0.1, 0.15) is 11.6 Å². The van der Waals surface area contributed by atoms with Crippen molar-refractivity contribution in [1.82, 2.24) is 5.32 Å². The van der Waals surface area contributed by atoms with Gasteiger partial charge in [0.25, 0.3) is 0 Å². The monoisotopic (exact) mass is 400 g/mol. The van der Waals surface area contributed by atoms with Crippen LogP contribution >= 0.6 is 11.6 Å². The fourth-order valence-corrected chi connectivity index (χ4v) is 4.45. The maximum atomic E-state index is 14.5. The maximum Gasteiger partial charge on any atom is 0.145 e. The number of nitriles is 1. The average molecular weight is 401 g/mol. The van der Waals surface area contributed by atoms with Gasteiger partial charge in [0.05, 0.1) is 24.1 Å². The van der Waals surface area contributed by atoms with Crippen molar-refractivity contribution in [1.29, 1.82) is 5.26 Å². The molecule has 1 fully saturated rings. The van der Waals surface area contributed by atoms with E-state index in [1.165, 1.54) is 5.56 Å². The van der Waals surface area contributed by atoms with Crippen molar-refractivity contribution in [3.63, 3.8) is 0 Å². The molecule has 3 rings (SSSR count). The highest BCUT2D eigenvalue weighted by atomic mass is 35.5. The van der Waals surface area contributed by atoms with E-state index >= 15 is 0 Å². The molecular formula is C23H26ClFN2O. The first-order chi connectivity index (χ1) is 13.3. The molecule has 3 unspecified atom stereocenters. The van der Waals surface area contributed by atoms with Gasteiger partial charge in [0.2, 0.25) is 0 Å². The van der Waals surface area contributed by atoms with Gasteiger partial charge < -0.3 is 10.1 Å². The molecule has 1 N–H and O–H groups in total.